The number of pyridine rings is 1. The highest BCUT2D eigenvalue weighted by Gasteiger charge is 2.20. The van der Waals surface area contributed by atoms with Gasteiger partial charge in [-0.15, -0.1) is 0 Å². The predicted molar refractivity (Wildman–Crippen MR) is 183 cm³/mol. The lowest BCUT2D eigenvalue weighted by Gasteiger charge is -2.11. The van der Waals surface area contributed by atoms with Gasteiger partial charge in [-0.3, -0.25) is 15.2 Å². The van der Waals surface area contributed by atoms with Crippen LogP contribution in [0.1, 0.15) is 11.1 Å². The Hall–Kier alpha value is -6.27. The first-order valence-electron chi connectivity index (χ1n) is 14.8. The summed E-state index contributed by atoms with van der Waals surface area (Å²) in [5.74, 6) is -0.125. The standard InChI is InChI=1S/C39H25N5O/c40-37(24-10-2-1-3-11-24)45-38(41)25-18-20-26(21-19-25)43-32-16-8-7-14-29(32)30-22-23-34-35(36(30)43)42-39-31-15-5-4-12-27(31)28-13-6-9-17-33(28)44(34)39/h1-23,40-41H. The molecule has 9 rings (SSSR count). The Morgan fingerprint density at radius 1 is 0.489 bits per heavy atom. The molecule has 45 heavy (non-hydrogen) atoms. The summed E-state index contributed by atoms with van der Waals surface area (Å²) in [6.45, 7) is 0. The van der Waals surface area contributed by atoms with Crippen LogP contribution >= 0.6 is 0 Å². The van der Waals surface area contributed by atoms with Crippen LogP contribution in [0.15, 0.2) is 140 Å². The molecule has 212 valence electrons. The number of rotatable bonds is 3. The molecule has 0 fully saturated rings. The third kappa shape index (κ3) is 3.72. The molecule has 9 aromatic rings. The van der Waals surface area contributed by atoms with Crippen molar-refractivity contribution >= 4 is 72.0 Å². The smallest absolute Gasteiger partial charge is 0.221 e. The van der Waals surface area contributed by atoms with Gasteiger partial charge in [-0.25, -0.2) is 4.98 Å². The Balaban J connectivity index is 1.26. The quantitative estimate of drug-likeness (QED) is 0.124. The Labute approximate surface area is 257 Å². The summed E-state index contributed by atoms with van der Waals surface area (Å²) in [7, 11) is 0. The lowest BCUT2D eigenvalue weighted by atomic mass is 10.1. The number of nitrogens with zero attached hydrogens (tertiary/aromatic N) is 3. The first-order valence-corrected chi connectivity index (χ1v) is 14.8. The van der Waals surface area contributed by atoms with Gasteiger partial charge >= 0.3 is 0 Å². The Morgan fingerprint density at radius 3 is 1.80 bits per heavy atom. The van der Waals surface area contributed by atoms with Gasteiger partial charge in [-0.2, -0.15) is 0 Å². The fourth-order valence-corrected chi connectivity index (χ4v) is 6.66. The minimum Gasteiger partial charge on any atom is -0.421 e. The molecule has 6 heteroatoms. The van der Waals surface area contributed by atoms with E-state index in [1.165, 1.54) is 10.8 Å². The molecule has 3 heterocycles. The van der Waals surface area contributed by atoms with Crippen molar-refractivity contribution in [3.8, 4) is 5.69 Å². The maximum atomic E-state index is 8.54. The van der Waals surface area contributed by atoms with E-state index in [-0.39, 0.29) is 11.8 Å². The van der Waals surface area contributed by atoms with Crippen molar-refractivity contribution < 1.29 is 4.74 Å². The summed E-state index contributed by atoms with van der Waals surface area (Å²) in [6.07, 6.45) is 0. The lowest BCUT2D eigenvalue weighted by molar-refractivity contribution is 0.538. The minimum absolute atomic E-state index is 0.0543. The monoisotopic (exact) mass is 579 g/mol. The van der Waals surface area contributed by atoms with E-state index < -0.39 is 0 Å². The normalized spacial score (nSPS) is 11.7. The van der Waals surface area contributed by atoms with Crippen LogP contribution in [0.4, 0.5) is 0 Å². The van der Waals surface area contributed by atoms with E-state index in [1.54, 1.807) is 12.1 Å². The number of ether oxygens (including phenoxy) is 1. The number of hydrogen-bond donors (Lipinski definition) is 2. The molecule has 6 aromatic carbocycles. The summed E-state index contributed by atoms with van der Waals surface area (Å²) >= 11 is 0. The third-order valence-electron chi connectivity index (χ3n) is 8.69. The molecule has 0 amide bonds. The fourth-order valence-electron chi connectivity index (χ4n) is 6.66. The molecule has 6 nitrogen and oxygen atoms in total. The maximum absolute atomic E-state index is 8.54. The van der Waals surface area contributed by atoms with Gasteiger partial charge in [0.15, 0.2) is 0 Å². The average molecular weight is 580 g/mol. The lowest BCUT2D eigenvalue weighted by Crippen LogP contribution is -2.13. The fraction of sp³-hybridized carbons (Fsp3) is 0. The maximum Gasteiger partial charge on any atom is 0.221 e. The average Bonchev–Trinajstić information content (AvgIpc) is 3.66. The second-order valence-corrected chi connectivity index (χ2v) is 11.2. The number of imidazole rings is 1. The van der Waals surface area contributed by atoms with Crippen molar-refractivity contribution in [1.29, 1.82) is 10.8 Å². The predicted octanol–water partition coefficient (Wildman–Crippen LogP) is 9.26. The number of aromatic nitrogens is 3. The first kappa shape index (κ1) is 25.2. The van der Waals surface area contributed by atoms with Gasteiger partial charge in [0, 0.05) is 38.4 Å². The number of nitrogens with one attached hydrogen (secondary N) is 2. The van der Waals surface area contributed by atoms with Crippen LogP contribution in [0, 0.1) is 10.8 Å². The Kier molecular flexibility index (Phi) is 5.40. The number of para-hydroxylation sites is 2. The van der Waals surface area contributed by atoms with Crippen molar-refractivity contribution in [1.82, 2.24) is 14.0 Å². The van der Waals surface area contributed by atoms with Gasteiger partial charge in [-0.1, -0.05) is 78.9 Å². The second-order valence-electron chi connectivity index (χ2n) is 11.2. The van der Waals surface area contributed by atoms with Gasteiger partial charge in [0.1, 0.15) is 11.2 Å². The van der Waals surface area contributed by atoms with Gasteiger partial charge in [0.25, 0.3) is 0 Å². The molecule has 0 saturated carbocycles. The molecule has 3 aromatic heterocycles. The highest BCUT2D eigenvalue weighted by atomic mass is 16.5. The van der Waals surface area contributed by atoms with E-state index in [1.807, 2.05) is 42.5 Å². The second kappa shape index (κ2) is 9.62. The molecule has 0 bridgehead atoms. The van der Waals surface area contributed by atoms with Crippen LogP contribution in [0.3, 0.4) is 0 Å². The summed E-state index contributed by atoms with van der Waals surface area (Å²) in [4.78, 5) is 5.37. The number of benzene rings is 6. The summed E-state index contributed by atoms with van der Waals surface area (Å²) in [6, 6.07) is 46.8. The van der Waals surface area contributed by atoms with Gasteiger partial charge in [0.2, 0.25) is 11.8 Å². The first-order chi connectivity index (χ1) is 22.2. The van der Waals surface area contributed by atoms with Crippen molar-refractivity contribution in [3.63, 3.8) is 0 Å². The summed E-state index contributed by atoms with van der Waals surface area (Å²) in [5.41, 5.74) is 8.33. The van der Waals surface area contributed by atoms with Crippen molar-refractivity contribution in [3.05, 3.63) is 151 Å². The molecular formula is C39H25N5O. The molecule has 0 saturated heterocycles. The Bertz CT molecular complexity index is 2650. The zero-order valence-electron chi connectivity index (χ0n) is 24.0. The highest BCUT2D eigenvalue weighted by Crippen LogP contribution is 2.39. The SMILES string of the molecule is N=C(OC(=N)c1ccc(-n2c3ccccc3c3ccc4c(nc5c6ccccc6c6ccccc6n45)c32)cc1)c1ccccc1. The molecule has 0 aliphatic carbocycles. The zero-order valence-corrected chi connectivity index (χ0v) is 24.0. The van der Waals surface area contributed by atoms with E-state index in [4.69, 9.17) is 20.5 Å². The van der Waals surface area contributed by atoms with Crippen molar-refractivity contribution in [2.75, 3.05) is 0 Å². The van der Waals surface area contributed by atoms with Crippen molar-refractivity contribution in [2.45, 2.75) is 0 Å². The van der Waals surface area contributed by atoms with Crippen LogP contribution in [0.5, 0.6) is 0 Å². The largest absolute Gasteiger partial charge is 0.421 e. The van der Waals surface area contributed by atoms with E-state index in [0.29, 0.717) is 11.1 Å². The molecule has 0 aliphatic rings. The minimum atomic E-state index is -0.0703. The van der Waals surface area contributed by atoms with Crippen LogP contribution in [-0.4, -0.2) is 25.7 Å². The highest BCUT2D eigenvalue weighted by molar-refractivity contribution is 6.20. The van der Waals surface area contributed by atoms with E-state index in [2.05, 4.69) is 93.9 Å². The molecule has 0 aliphatic heterocycles. The molecule has 0 unspecified atom stereocenters. The third-order valence-corrected chi connectivity index (χ3v) is 8.69. The van der Waals surface area contributed by atoms with Gasteiger partial charge in [0.05, 0.1) is 22.1 Å². The summed E-state index contributed by atoms with van der Waals surface area (Å²) in [5, 5.41) is 22.6. The molecular weight excluding hydrogens is 554 g/mol. The molecule has 0 atom stereocenters. The van der Waals surface area contributed by atoms with E-state index >= 15 is 0 Å². The van der Waals surface area contributed by atoms with Crippen LogP contribution in [0.2, 0.25) is 0 Å². The van der Waals surface area contributed by atoms with Crippen molar-refractivity contribution in [2.24, 2.45) is 0 Å². The van der Waals surface area contributed by atoms with Gasteiger partial charge < -0.3 is 9.30 Å². The van der Waals surface area contributed by atoms with Crippen LogP contribution < -0.4 is 0 Å². The van der Waals surface area contributed by atoms with Crippen LogP contribution in [-0.2, 0) is 4.74 Å². The van der Waals surface area contributed by atoms with Gasteiger partial charge in [-0.05, 0) is 66.0 Å². The molecule has 2 N–H and O–H groups in total. The summed E-state index contributed by atoms with van der Waals surface area (Å²) < 4.78 is 10.2. The number of fused-ring (bicyclic) bond motifs is 12. The van der Waals surface area contributed by atoms with Crippen LogP contribution in [0.25, 0.3) is 65.8 Å². The Morgan fingerprint density at radius 2 is 1.07 bits per heavy atom. The van der Waals surface area contributed by atoms with E-state index in [0.717, 1.165) is 55.1 Å². The van der Waals surface area contributed by atoms with E-state index in [9.17, 15) is 0 Å². The molecule has 0 radical (unpaired) electrons. The number of hydrogen-bond acceptors (Lipinski definition) is 4. The molecule has 0 spiro atoms. The zero-order chi connectivity index (χ0) is 30.1. The topological polar surface area (TPSA) is 79.2 Å².